The van der Waals surface area contributed by atoms with E-state index in [-0.39, 0.29) is 4.90 Å². The molecular weight excluding hydrogens is 598 g/mol. The van der Waals surface area contributed by atoms with Crippen LogP contribution in [0.5, 0.6) is 11.5 Å². The number of anilines is 1. The number of hydrogen-bond acceptors (Lipinski definition) is 6. The van der Waals surface area contributed by atoms with E-state index in [4.69, 9.17) is 21.1 Å². The fourth-order valence-corrected chi connectivity index (χ4v) is 5.96. The third-order valence-corrected chi connectivity index (χ3v) is 8.67. The van der Waals surface area contributed by atoms with Crippen LogP contribution in [-0.2, 0) is 21.4 Å². The van der Waals surface area contributed by atoms with Gasteiger partial charge in [-0.15, -0.1) is 0 Å². The fraction of sp³-hybridized carbons (Fsp3) is 0.118. The number of halogens is 1. The van der Waals surface area contributed by atoms with Crippen molar-refractivity contribution in [2.24, 2.45) is 5.10 Å². The van der Waals surface area contributed by atoms with E-state index in [1.54, 1.807) is 24.3 Å². The maximum atomic E-state index is 13.5. The van der Waals surface area contributed by atoms with Gasteiger partial charge in [-0.1, -0.05) is 48.0 Å². The summed E-state index contributed by atoms with van der Waals surface area (Å²) in [6.07, 6.45) is 1.47. The zero-order valence-corrected chi connectivity index (χ0v) is 25.5. The van der Waals surface area contributed by atoms with Crippen molar-refractivity contribution in [2.45, 2.75) is 18.4 Å². The van der Waals surface area contributed by atoms with Crippen molar-refractivity contribution in [1.29, 1.82) is 0 Å². The Labute approximate surface area is 261 Å². The number of ether oxygens (including phenoxy) is 2. The summed E-state index contributed by atoms with van der Waals surface area (Å²) in [5.41, 5.74) is 4.50. The first-order valence-corrected chi connectivity index (χ1v) is 15.7. The second-order valence-corrected chi connectivity index (χ2v) is 12.0. The molecule has 0 heterocycles. The summed E-state index contributed by atoms with van der Waals surface area (Å²) in [6.45, 7) is 2.25. The summed E-state index contributed by atoms with van der Waals surface area (Å²) >= 11 is 5.96. The number of rotatable bonds is 12. The van der Waals surface area contributed by atoms with Gasteiger partial charge in [-0.25, -0.2) is 13.8 Å². The number of nitrogens with one attached hydrogen (secondary N) is 1. The van der Waals surface area contributed by atoms with E-state index in [9.17, 15) is 13.2 Å². The molecule has 224 valence electrons. The van der Waals surface area contributed by atoms with Crippen molar-refractivity contribution < 1.29 is 22.7 Å². The second-order valence-electron chi connectivity index (χ2n) is 9.72. The summed E-state index contributed by atoms with van der Waals surface area (Å²) in [5.74, 6) is 0.653. The van der Waals surface area contributed by atoms with Crippen molar-refractivity contribution >= 4 is 50.2 Å². The number of nitrogens with zero attached hydrogens (tertiary/aromatic N) is 2. The number of carbonyl (C=O) groups is 1. The van der Waals surface area contributed by atoms with Crippen molar-refractivity contribution in [3.05, 3.63) is 131 Å². The molecule has 1 N–H and O–H groups in total. The Kier molecular flexibility index (Phi) is 9.79. The molecule has 0 saturated heterocycles. The van der Waals surface area contributed by atoms with Crippen LogP contribution in [0.25, 0.3) is 10.8 Å². The van der Waals surface area contributed by atoms with E-state index in [1.807, 2.05) is 49.4 Å². The van der Waals surface area contributed by atoms with E-state index in [2.05, 4.69) is 34.8 Å². The minimum atomic E-state index is -4.10. The number of amides is 1. The van der Waals surface area contributed by atoms with E-state index in [0.717, 1.165) is 20.8 Å². The van der Waals surface area contributed by atoms with Gasteiger partial charge in [0.1, 0.15) is 24.7 Å². The van der Waals surface area contributed by atoms with Gasteiger partial charge in [-0.2, -0.15) is 5.10 Å². The first-order valence-electron chi connectivity index (χ1n) is 13.9. The first kappa shape index (κ1) is 30.6. The van der Waals surface area contributed by atoms with Gasteiger partial charge in [0.2, 0.25) is 0 Å². The predicted molar refractivity (Wildman–Crippen MR) is 174 cm³/mol. The lowest BCUT2D eigenvalue weighted by Gasteiger charge is -2.24. The van der Waals surface area contributed by atoms with E-state index < -0.39 is 22.5 Å². The molecule has 0 aliphatic heterocycles. The molecule has 10 heteroatoms. The quantitative estimate of drug-likeness (QED) is 0.121. The molecular formula is C34H30ClN3O5S. The Morgan fingerprint density at radius 1 is 0.841 bits per heavy atom. The van der Waals surface area contributed by atoms with Crippen molar-refractivity contribution in [2.75, 3.05) is 17.5 Å². The number of hydrazone groups is 1. The highest BCUT2D eigenvalue weighted by Gasteiger charge is 2.27. The summed E-state index contributed by atoms with van der Waals surface area (Å²) < 4.78 is 39.5. The van der Waals surface area contributed by atoms with Crippen molar-refractivity contribution in [3.63, 3.8) is 0 Å². The van der Waals surface area contributed by atoms with Crippen molar-refractivity contribution in [1.82, 2.24) is 5.43 Å². The first-order chi connectivity index (χ1) is 21.3. The smallest absolute Gasteiger partial charge is 0.264 e. The standard InChI is InChI=1S/C34H30ClN3O5S/c1-2-42-31-17-13-30(14-18-31)38(44(40,41)33-19-11-29(35)12-20-33)23-34(39)37-36-22-25-8-15-32(16-9-25)43-24-26-7-10-27-5-3-4-6-28(27)21-26/h3-22H,2,23-24H2,1H3,(H,37,39)/b36-22-. The SMILES string of the molecule is CCOc1ccc(N(CC(=O)N/N=C\c2ccc(OCc3ccc4ccccc4c3)cc2)S(=O)(=O)c2ccc(Cl)cc2)cc1. The normalized spacial score (nSPS) is 11.4. The highest BCUT2D eigenvalue weighted by atomic mass is 35.5. The molecule has 0 aromatic heterocycles. The molecule has 0 unspecified atom stereocenters. The van der Waals surface area contributed by atoms with Gasteiger partial charge in [0.15, 0.2) is 0 Å². The number of sulfonamides is 1. The van der Waals surface area contributed by atoms with Crippen LogP contribution >= 0.6 is 11.6 Å². The molecule has 5 rings (SSSR count). The fourth-order valence-electron chi connectivity index (χ4n) is 4.41. The highest BCUT2D eigenvalue weighted by molar-refractivity contribution is 7.92. The molecule has 0 aliphatic rings. The summed E-state index contributed by atoms with van der Waals surface area (Å²) in [6, 6.07) is 33.9. The zero-order valence-electron chi connectivity index (χ0n) is 23.9. The Hall–Kier alpha value is -4.86. The largest absolute Gasteiger partial charge is 0.494 e. The van der Waals surface area contributed by atoms with Crippen LogP contribution < -0.4 is 19.2 Å². The van der Waals surface area contributed by atoms with Gasteiger partial charge < -0.3 is 9.47 Å². The van der Waals surface area contributed by atoms with E-state index in [0.29, 0.717) is 35.4 Å². The third kappa shape index (κ3) is 7.75. The molecule has 44 heavy (non-hydrogen) atoms. The van der Waals surface area contributed by atoms with Crippen LogP contribution in [0.3, 0.4) is 0 Å². The third-order valence-electron chi connectivity index (χ3n) is 6.63. The average Bonchev–Trinajstić information content (AvgIpc) is 3.04. The lowest BCUT2D eigenvalue weighted by Crippen LogP contribution is -2.39. The Bertz CT molecular complexity index is 1860. The van der Waals surface area contributed by atoms with E-state index in [1.165, 1.54) is 35.9 Å². The summed E-state index contributed by atoms with van der Waals surface area (Å²) in [7, 11) is -4.10. The molecule has 8 nitrogen and oxygen atoms in total. The summed E-state index contributed by atoms with van der Waals surface area (Å²) in [4.78, 5) is 12.9. The van der Waals surface area contributed by atoms with Crippen LogP contribution in [-0.4, -0.2) is 33.7 Å². The lowest BCUT2D eigenvalue weighted by molar-refractivity contribution is -0.119. The van der Waals surface area contributed by atoms with Crippen LogP contribution in [0.4, 0.5) is 5.69 Å². The Morgan fingerprint density at radius 3 is 2.20 bits per heavy atom. The number of hydrogen-bond donors (Lipinski definition) is 1. The van der Waals surface area contributed by atoms with Crippen LogP contribution in [0.15, 0.2) is 125 Å². The predicted octanol–water partition coefficient (Wildman–Crippen LogP) is 6.82. The molecule has 0 aliphatic carbocycles. The second kappa shape index (κ2) is 14.1. The van der Waals surface area contributed by atoms with Gasteiger partial charge in [-0.3, -0.25) is 9.10 Å². The maximum Gasteiger partial charge on any atom is 0.264 e. The molecule has 0 atom stereocenters. The van der Waals surface area contributed by atoms with Gasteiger partial charge in [0.25, 0.3) is 15.9 Å². The van der Waals surface area contributed by atoms with Crippen LogP contribution in [0, 0.1) is 0 Å². The molecule has 0 spiro atoms. The zero-order chi connectivity index (χ0) is 30.9. The molecule has 0 saturated carbocycles. The molecule has 1 amide bonds. The number of benzene rings is 5. The summed E-state index contributed by atoms with van der Waals surface area (Å²) in [5, 5.41) is 6.76. The Balaban J connectivity index is 1.22. The Morgan fingerprint density at radius 2 is 1.50 bits per heavy atom. The molecule has 0 fully saturated rings. The lowest BCUT2D eigenvalue weighted by atomic mass is 10.1. The maximum absolute atomic E-state index is 13.5. The number of carbonyl (C=O) groups excluding carboxylic acids is 1. The van der Waals surface area contributed by atoms with Crippen LogP contribution in [0.2, 0.25) is 5.02 Å². The highest BCUT2D eigenvalue weighted by Crippen LogP contribution is 2.27. The molecule has 5 aromatic rings. The van der Waals surface area contributed by atoms with E-state index >= 15 is 0 Å². The minimum Gasteiger partial charge on any atom is -0.494 e. The monoisotopic (exact) mass is 627 g/mol. The van der Waals surface area contributed by atoms with Gasteiger partial charge in [0.05, 0.1) is 23.4 Å². The number of fused-ring (bicyclic) bond motifs is 1. The topological polar surface area (TPSA) is 97.3 Å². The van der Waals surface area contributed by atoms with Crippen molar-refractivity contribution in [3.8, 4) is 11.5 Å². The van der Waals surface area contributed by atoms with Gasteiger partial charge in [-0.05, 0) is 108 Å². The van der Waals surface area contributed by atoms with Gasteiger partial charge in [0, 0.05) is 5.02 Å². The molecule has 0 radical (unpaired) electrons. The molecule has 0 bridgehead atoms. The minimum absolute atomic E-state index is 0.00462. The molecule has 5 aromatic carbocycles. The van der Waals surface area contributed by atoms with Crippen LogP contribution in [0.1, 0.15) is 18.1 Å². The van der Waals surface area contributed by atoms with Gasteiger partial charge >= 0.3 is 0 Å². The average molecular weight is 628 g/mol.